The molecule has 1 heterocycles. The van der Waals surface area contributed by atoms with Crippen LogP contribution in [0.5, 0.6) is 0 Å². The summed E-state index contributed by atoms with van der Waals surface area (Å²) in [4.78, 5) is 12.1. The molecule has 1 fully saturated rings. The zero-order valence-corrected chi connectivity index (χ0v) is 12.2. The van der Waals surface area contributed by atoms with Crippen LogP contribution in [0, 0.1) is 11.8 Å². The summed E-state index contributed by atoms with van der Waals surface area (Å²) in [5, 5.41) is 3.12. The number of carbonyl (C=O) groups excluding carboxylic acids is 1. The summed E-state index contributed by atoms with van der Waals surface area (Å²) >= 11 is 0. The van der Waals surface area contributed by atoms with Crippen molar-refractivity contribution in [3.63, 3.8) is 0 Å². The predicted octanol–water partition coefficient (Wildman–Crippen LogP) is 1.68. The molecular weight excluding hydrogens is 228 g/mol. The Balaban J connectivity index is 2.45. The molecule has 4 nitrogen and oxygen atoms in total. The molecule has 0 aliphatic carbocycles. The van der Waals surface area contributed by atoms with Crippen LogP contribution in [0.25, 0.3) is 0 Å². The Morgan fingerprint density at radius 2 is 2.22 bits per heavy atom. The number of hydrogen-bond donors (Lipinski definition) is 2. The monoisotopic (exact) mass is 256 g/mol. The smallest absolute Gasteiger partial charge is 0.220 e. The molecule has 106 valence electrons. The molecule has 1 rings (SSSR count). The Labute approximate surface area is 111 Å². The van der Waals surface area contributed by atoms with E-state index in [0.717, 1.165) is 19.4 Å². The molecule has 0 aromatic heterocycles. The van der Waals surface area contributed by atoms with Gasteiger partial charge in [-0.3, -0.25) is 4.79 Å². The lowest BCUT2D eigenvalue weighted by Crippen LogP contribution is -2.51. The maximum atomic E-state index is 12.1. The molecule has 3 N–H and O–H groups in total. The molecule has 0 aromatic carbocycles. The first-order valence-electron chi connectivity index (χ1n) is 7.00. The summed E-state index contributed by atoms with van der Waals surface area (Å²) in [6.07, 6.45) is 2.50. The van der Waals surface area contributed by atoms with Crippen molar-refractivity contribution in [2.75, 3.05) is 13.2 Å². The highest BCUT2D eigenvalue weighted by molar-refractivity contribution is 5.77. The van der Waals surface area contributed by atoms with Crippen LogP contribution in [0.15, 0.2) is 0 Å². The number of amides is 1. The first kappa shape index (κ1) is 15.4. The van der Waals surface area contributed by atoms with E-state index in [4.69, 9.17) is 10.5 Å². The summed E-state index contributed by atoms with van der Waals surface area (Å²) in [7, 11) is 0. The van der Waals surface area contributed by atoms with Gasteiger partial charge < -0.3 is 15.8 Å². The lowest BCUT2D eigenvalue weighted by Gasteiger charge is -2.29. The van der Waals surface area contributed by atoms with Crippen LogP contribution in [-0.4, -0.2) is 30.7 Å². The number of carbonyl (C=O) groups is 1. The van der Waals surface area contributed by atoms with Gasteiger partial charge in [0, 0.05) is 13.0 Å². The van der Waals surface area contributed by atoms with Crippen LogP contribution >= 0.6 is 0 Å². The van der Waals surface area contributed by atoms with Crippen molar-refractivity contribution >= 4 is 5.91 Å². The molecule has 1 aliphatic rings. The van der Waals surface area contributed by atoms with E-state index in [1.165, 1.54) is 0 Å². The molecule has 1 saturated heterocycles. The third-order valence-electron chi connectivity index (χ3n) is 3.92. The number of ether oxygens (including phenoxy) is 1. The van der Waals surface area contributed by atoms with Gasteiger partial charge in [0.15, 0.2) is 0 Å². The maximum Gasteiger partial charge on any atom is 0.220 e. The predicted molar refractivity (Wildman–Crippen MR) is 73.2 cm³/mol. The molecule has 0 aromatic rings. The Morgan fingerprint density at radius 3 is 2.67 bits per heavy atom. The van der Waals surface area contributed by atoms with Gasteiger partial charge in [0.05, 0.1) is 11.6 Å². The van der Waals surface area contributed by atoms with Gasteiger partial charge in [-0.15, -0.1) is 0 Å². The van der Waals surface area contributed by atoms with Gasteiger partial charge in [-0.2, -0.15) is 0 Å². The minimum atomic E-state index is -0.214. The molecular formula is C14H28N2O2. The zero-order chi connectivity index (χ0) is 13.8. The van der Waals surface area contributed by atoms with E-state index in [9.17, 15) is 4.79 Å². The van der Waals surface area contributed by atoms with E-state index in [1.54, 1.807) is 0 Å². The molecule has 0 radical (unpaired) electrons. The van der Waals surface area contributed by atoms with Crippen molar-refractivity contribution in [2.24, 2.45) is 17.6 Å². The fourth-order valence-corrected chi connectivity index (χ4v) is 2.56. The van der Waals surface area contributed by atoms with E-state index in [1.807, 2.05) is 6.92 Å². The third-order valence-corrected chi connectivity index (χ3v) is 3.92. The van der Waals surface area contributed by atoms with Crippen LogP contribution in [0.2, 0.25) is 0 Å². The Kier molecular flexibility index (Phi) is 5.60. The largest absolute Gasteiger partial charge is 0.376 e. The van der Waals surface area contributed by atoms with Crippen molar-refractivity contribution < 1.29 is 9.53 Å². The summed E-state index contributed by atoms with van der Waals surface area (Å²) in [5.41, 5.74) is 5.52. The number of rotatable bonds is 6. The van der Waals surface area contributed by atoms with Crippen molar-refractivity contribution in [3.8, 4) is 0 Å². The summed E-state index contributed by atoms with van der Waals surface area (Å²) in [6, 6.07) is 0. The topological polar surface area (TPSA) is 64.4 Å². The first-order chi connectivity index (χ1) is 8.37. The van der Waals surface area contributed by atoms with Gasteiger partial charge in [0.25, 0.3) is 0 Å². The fraction of sp³-hybridized carbons (Fsp3) is 0.929. The van der Waals surface area contributed by atoms with Crippen molar-refractivity contribution in [3.05, 3.63) is 0 Å². The summed E-state index contributed by atoms with van der Waals surface area (Å²) in [5.74, 6) is 0.966. The van der Waals surface area contributed by atoms with Gasteiger partial charge >= 0.3 is 0 Å². The quantitative estimate of drug-likeness (QED) is 0.760. The number of hydrogen-bond acceptors (Lipinski definition) is 3. The van der Waals surface area contributed by atoms with E-state index in [-0.39, 0.29) is 23.5 Å². The summed E-state index contributed by atoms with van der Waals surface area (Å²) < 4.78 is 5.53. The van der Waals surface area contributed by atoms with Crippen molar-refractivity contribution in [2.45, 2.75) is 58.6 Å². The number of nitrogens with one attached hydrogen (secondary N) is 1. The Hall–Kier alpha value is -0.610. The number of nitrogens with two attached hydrogens (primary N) is 1. The second-order valence-electron chi connectivity index (χ2n) is 6.16. The lowest BCUT2D eigenvalue weighted by molar-refractivity contribution is -0.124. The van der Waals surface area contributed by atoms with Gasteiger partial charge in [-0.05, 0) is 45.1 Å². The second-order valence-corrected chi connectivity index (χ2v) is 6.16. The average Bonchev–Trinajstić information content (AvgIpc) is 2.57. The second kappa shape index (κ2) is 6.53. The summed E-state index contributed by atoms with van der Waals surface area (Å²) in [6.45, 7) is 9.70. The normalized spacial score (nSPS) is 29.6. The van der Waals surface area contributed by atoms with Crippen LogP contribution in [-0.2, 0) is 9.53 Å². The first-order valence-corrected chi connectivity index (χ1v) is 7.00. The Morgan fingerprint density at radius 1 is 1.56 bits per heavy atom. The molecule has 4 heteroatoms. The molecule has 0 saturated carbocycles. The van der Waals surface area contributed by atoms with Crippen LogP contribution in [0.3, 0.4) is 0 Å². The van der Waals surface area contributed by atoms with E-state index in [2.05, 4.69) is 26.1 Å². The van der Waals surface area contributed by atoms with Gasteiger partial charge in [0.2, 0.25) is 5.91 Å². The molecule has 3 unspecified atom stereocenters. The SMILES string of the molecule is CC(C)CC(CN)CC(=O)NC1(C)CCOC1C. The average molecular weight is 256 g/mol. The van der Waals surface area contributed by atoms with Crippen molar-refractivity contribution in [1.82, 2.24) is 5.32 Å². The molecule has 1 amide bonds. The van der Waals surface area contributed by atoms with E-state index in [0.29, 0.717) is 18.9 Å². The maximum absolute atomic E-state index is 12.1. The van der Waals surface area contributed by atoms with Crippen LogP contribution < -0.4 is 11.1 Å². The highest BCUT2D eigenvalue weighted by atomic mass is 16.5. The van der Waals surface area contributed by atoms with Crippen LogP contribution in [0.1, 0.15) is 47.0 Å². The standard InChI is InChI=1S/C14H28N2O2/c1-10(2)7-12(9-15)8-13(17)16-14(4)5-6-18-11(14)3/h10-12H,5-9,15H2,1-4H3,(H,16,17). The molecule has 0 spiro atoms. The fourth-order valence-electron chi connectivity index (χ4n) is 2.56. The third kappa shape index (κ3) is 4.25. The zero-order valence-electron chi connectivity index (χ0n) is 12.2. The molecule has 0 bridgehead atoms. The van der Waals surface area contributed by atoms with Gasteiger partial charge in [-0.1, -0.05) is 13.8 Å². The van der Waals surface area contributed by atoms with E-state index >= 15 is 0 Å². The highest BCUT2D eigenvalue weighted by Gasteiger charge is 2.38. The van der Waals surface area contributed by atoms with Gasteiger partial charge in [0.1, 0.15) is 0 Å². The minimum absolute atomic E-state index is 0.0860. The van der Waals surface area contributed by atoms with Crippen LogP contribution in [0.4, 0.5) is 0 Å². The van der Waals surface area contributed by atoms with E-state index < -0.39 is 0 Å². The van der Waals surface area contributed by atoms with Crippen molar-refractivity contribution in [1.29, 1.82) is 0 Å². The molecule has 3 atom stereocenters. The minimum Gasteiger partial charge on any atom is -0.376 e. The Bertz CT molecular complexity index is 281. The molecule has 18 heavy (non-hydrogen) atoms. The molecule has 1 aliphatic heterocycles. The van der Waals surface area contributed by atoms with Gasteiger partial charge in [-0.25, -0.2) is 0 Å². The lowest BCUT2D eigenvalue weighted by atomic mass is 9.91. The highest BCUT2D eigenvalue weighted by Crippen LogP contribution is 2.25.